The van der Waals surface area contributed by atoms with Crippen molar-refractivity contribution < 1.29 is 4.74 Å². The number of rotatable bonds is 4. The normalized spacial score (nSPS) is 9.94. The summed E-state index contributed by atoms with van der Waals surface area (Å²) in [6, 6.07) is 9.77. The summed E-state index contributed by atoms with van der Waals surface area (Å²) in [5.41, 5.74) is 8.40. The SMILES string of the molecule is COc1ccc(CNc2cncc(N)c2)cc1. The number of methoxy groups -OCH3 is 1. The molecule has 0 aliphatic rings. The lowest BCUT2D eigenvalue weighted by atomic mass is 10.2. The summed E-state index contributed by atoms with van der Waals surface area (Å²) in [6.07, 6.45) is 3.37. The maximum absolute atomic E-state index is 5.65. The van der Waals surface area contributed by atoms with E-state index in [1.807, 2.05) is 30.3 Å². The molecule has 0 aliphatic heterocycles. The zero-order valence-corrected chi connectivity index (χ0v) is 9.68. The number of anilines is 2. The third-order valence-electron chi connectivity index (χ3n) is 2.42. The van der Waals surface area contributed by atoms with Crippen LogP contribution in [0.2, 0.25) is 0 Å². The highest BCUT2D eigenvalue weighted by Gasteiger charge is 1.96. The van der Waals surface area contributed by atoms with Crippen molar-refractivity contribution in [3.63, 3.8) is 0 Å². The van der Waals surface area contributed by atoms with Gasteiger partial charge in [0.15, 0.2) is 0 Å². The van der Waals surface area contributed by atoms with E-state index < -0.39 is 0 Å². The van der Waals surface area contributed by atoms with Gasteiger partial charge in [0, 0.05) is 12.7 Å². The minimum Gasteiger partial charge on any atom is -0.497 e. The molecule has 1 aromatic heterocycles. The molecule has 17 heavy (non-hydrogen) atoms. The van der Waals surface area contributed by atoms with Crippen molar-refractivity contribution in [3.05, 3.63) is 48.3 Å². The van der Waals surface area contributed by atoms with Crippen LogP contribution in [0.15, 0.2) is 42.7 Å². The quantitative estimate of drug-likeness (QED) is 0.844. The first kappa shape index (κ1) is 11.3. The van der Waals surface area contributed by atoms with Crippen LogP contribution in [0.5, 0.6) is 5.75 Å². The molecule has 2 rings (SSSR count). The minimum absolute atomic E-state index is 0.657. The fraction of sp³-hybridized carbons (Fsp3) is 0.154. The standard InChI is InChI=1S/C13H15N3O/c1-17-13-4-2-10(3-5-13)7-16-12-6-11(14)8-15-9-12/h2-6,8-9,16H,7,14H2,1H3. The van der Waals surface area contributed by atoms with Crippen molar-refractivity contribution >= 4 is 11.4 Å². The smallest absolute Gasteiger partial charge is 0.118 e. The zero-order chi connectivity index (χ0) is 12.1. The van der Waals surface area contributed by atoms with Gasteiger partial charge in [0.2, 0.25) is 0 Å². The number of hydrogen-bond acceptors (Lipinski definition) is 4. The fourth-order valence-corrected chi connectivity index (χ4v) is 1.50. The number of hydrogen-bond donors (Lipinski definition) is 2. The fourth-order valence-electron chi connectivity index (χ4n) is 1.50. The van der Waals surface area contributed by atoms with Gasteiger partial charge in [-0.15, -0.1) is 0 Å². The zero-order valence-electron chi connectivity index (χ0n) is 9.68. The van der Waals surface area contributed by atoms with E-state index in [2.05, 4.69) is 10.3 Å². The maximum atomic E-state index is 5.65. The predicted molar refractivity (Wildman–Crippen MR) is 69.0 cm³/mol. The first-order valence-corrected chi connectivity index (χ1v) is 5.35. The third kappa shape index (κ3) is 3.11. The molecule has 0 saturated heterocycles. The van der Waals surface area contributed by atoms with Crippen molar-refractivity contribution in [2.75, 3.05) is 18.2 Å². The van der Waals surface area contributed by atoms with Gasteiger partial charge in [-0.2, -0.15) is 0 Å². The number of benzene rings is 1. The number of nitrogens with one attached hydrogen (secondary N) is 1. The van der Waals surface area contributed by atoms with Crippen molar-refractivity contribution in [3.8, 4) is 5.75 Å². The molecule has 1 heterocycles. The van der Waals surface area contributed by atoms with E-state index in [-0.39, 0.29) is 0 Å². The van der Waals surface area contributed by atoms with Gasteiger partial charge in [0.1, 0.15) is 5.75 Å². The molecule has 0 unspecified atom stereocenters. The van der Waals surface area contributed by atoms with Crippen LogP contribution in [0.4, 0.5) is 11.4 Å². The molecule has 0 aliphatic carbocycles. The summed E-state index contributed by atoms with van der Waals surface area (Å²) in [4.78, 5) is 4.02. The summed E-state index contributed by atoms with van der Waals surface area (Å²) >= 11 is 0. The monoisotopic (exact) mass is 229 g/mol. The molecule has 88 valence electrons. The second-order valence-corrected chi connectivity index (χ2v) is 3.71. The van der Waals surface area contributed by atoms with Crippen molar-refractivity contribution in [1.29, 1.82) is 0 Å². The van der Waals surface area contributed by atoms with Crippen molar-refractivity contribution in [1.82, 2.24) is 4.98 Å². The number of pyridine rings is 1. The average molecular weight is 229 g/mol. The molecule has 1 aromatic carbocycles. The molecule has 0 spiro atoms. The largest absolute Gasteiger partial charge is 0.497 e. The molecular formula is C13H15N3O. The number of nitrogen functional groups attached to an aromatic ring is 1. The Hall–Kier alpha value is -2.23. The van der Waals surface area contributed by atoms with Crippen LogP contribution < -0.4 is 15.8 Å². The highest BCUT2D eigenvalue weighted by molar-refractivity contribution is 5.51. The Morgan fingerprint density at radius 1 is 1.24 bits per heavy atom. The Labute approximate surface area is 100 Å². The van der Waals surface area contributed by atoms with E-state index in [1.54, 1.807) is 19.5 Å². The molecule has 0 atom stereocenters. The second kappa shape index (κ2) is 5.21. The van der Waals surface area contributed by atoms with Gasteiger partial charge < -0.3 is 15.8 Å². The molecule has 0 fully saturated rings. The minimum atomic E-state index is 0.657. The summed E-state index contributed by atoms with van der Waals surface area (Å²) in [5.74, 6) is 0.861. The average Bonchev–Trinajstić information content (AvgIpc) is 2.37. The number of nitrogens with zero attached hydrogens (tertiary/aromatic N) is 1. The van der Waals surface area contributed by atoms with Gasteiger partial charge in [-0.25, -0.2) is 0 Å². The Balaban J connectivity index is 1.97. The van der Waals surface area contributed by atoms with Crippen molar-refractivity contribution in [2.45, 2.75) is 6.54 Å². The topological polar surface area (TPSA) is 60.2 Å². The van der Waals surface area contributed by atoms with Gasteiger partial charge in [0.25, 0.3) is 0 Å². The van der Waals surface area contributed by atoms with Crippen LogP contribution in [0.3, 0.4) is 0 Å². The van der Waals surface area contributed by atoms with Crippen LogP contribution in [-0.2, 0) is 6.54 Å². The Bertz CT molecular complexity index is 482. The molecule has 0 saturated carbocycles. The maximum Gasteiger partial charge on any atom is 0.118 e. The molecule has 0 radical (unpaired) electrons. The molecule has 0 amide bonds. The lowest BCUT2D eigenvalue weighted by molar-refractivity contribution is 0.414. The van der Waals surface area contributed by atoms with E-state index in [9.17, 15) is 0 Å². The molecule has 3 N–H and O–H groups in total. The molecule has 2 aromatic rings. The Morgan fingerprint density at radius 3 is 2.65 bits per heavy atom. The summed E-state index contributed by atoms with van der Waals surface area (Å²) in [7, 11) is 1.66. The van der Waals surface area contributed by atoms with Crippen LogP contribution in [0, 0.1) is 0 Å². The molecule has 0 bridgehead atoms. The number of aromatic nitrogens is 1. The lowest BCUT2D eigenvalue weighted by Gasteiger charge is -2.07. The van der Waals surface area contributed by atoms with E-state index in [1.165, 1.54) is 5.56 Å². The first-order valence-electron chi connectivity index (χ1n) is 5.35. The lowest BCUT2D eigenvalue weighted by Crippen LogP contribution is -2.00. The Morgan fingerprint density at radius 2 is 2.00 bits per heavy atom. The van der Waals surface area contributed by atoms with E-state index >= 15 is 0 Å². The van der Waals surface area contributed by atoms with Crippen LogP contribution in [-0.4, -0.2) is 12.1 Å². The second-order valence-electron chi connectivity index (χ2n) is 3.71. The molecule has 4 nitrogen and oxygen atoms in total. The highest BCUT2D eigenvalue weighted by atomic mass is 16.5. The predicted octanol–water partition coefficient (Wildman–Crippen LogP) is 2.28. The van der Waals surface area contributed by atoms with Crippen LogP contribution >= 0.6 is 0 Å². The third-order valence-corrected chi connectivity index (χ3v) is 2.42. The number of ether oxygens (including phenoxy) is 1. The highest BCUT2D eigenvalue weighted by Crippen LogP contribution is 2.14. The van der Waals surface area contributed by atoms with Crippen LogP contribution in [0.25, 0.3) is 0 Å². The van der Waals surface area contributed by atoms with E-state index in [0.29, 0.717) is 5.69 Å². The Kier molecular flexibility index (Phi) is 3.45. The van der Waals surface area contributed by atoms with Crippen molar-refractivity contribution in [2.24, 2.45) is 0 Å². The van der Waals surface area contributed by atoms with E-state index in [0.717, 1.165) is 18.0 Å². The van der Waals surface area contributed by atoms with Gasteiger partial charge in [0.05, 0.1) is 24.7 Å². The van der Waals surface area contributed by atoms with Gasteiger partial charge in [-0.1, -0.05) is 12.1 Å². The van der Waals surface area contributed by atoms with E-state index in [4.69, 9.17) is 10.5 Å². The summed E-state index contributed by atoms with van der Waals surface area (Å²) in [6.45, 7) is 0.731. The molecular weight excluding hydrogens is 214 g/mol. The summed E-state index contributed by atoms with van der Waals surface area (Å²) < 4.78 is 5.10. The first-order chi connectivity index (χ1) is 8.28. The van der Waals surface area contributed by atoms with Gasteiger partial charge in [-0.05, 0) is 23.8 Å². The number of nitrogens with two attached hydrogens (primary N) is 1. The summed E-state index contributed by atoms with van der Waals surface area (Å²) in [5, 5.41) is 3.26. The van der Waals surface area contributed by atoms with Crippen LogP contribution in [0.1, 0.15) is 5.56 Å². The molecule has 4 heteroatoms. The van der Waals surface area contributed by atoms with Gasteiger partial charge in [-0.3, -0.25) is 4.98 Å². The van der Waals surface area contributed by atoms with Gasteiger partial charge >= 0.3 is 0 Å².